The van der Waals surface area contributed by atoms with E-state index < -0.39 is 0 Å². The van der Waals surface area contributed by atoms with Gasteiger partial charge in [0.25, 0.3) is 0 Å². The molecule has 0 saturated carbocycles. The Kier molecular flexibility index (Phi) is 5.13. The third-order valence-corrected chi connectivity index (χ3v) is 4.00. The number of piperidine rings is 1. The van der Waals surface area contributed by atoms with E-state index in [2.05, 4.69) is 17.2 Å². The topological polar surface area (TPSA) is 45.2 Å². The van der Waals surface area contributed by atoms with Crippen molar-refractivity contribution in [1.82, 2.24) is 15.2 Å². The molecule has 1 aromatic rings. The summed E-state index contributed by atoms with van der Waals surface area (Å²) in [5, 5.41) is 5.40. The van der Waals surface area contributed by atoms with Gasteiger partial charge >= 0.3 is 0 Å². The molecular weight excluding hydrogens is 246 g/mol. The van der Waals surface area contributed by atoms with Crippen LogP contribution in [0.2, 0.25) is 0 Å². The van der Waals surface area contributed by atoms with E-state index in [1.54, 1.807) is 11.3 Å². The van der Waals surface area contributed by atoms with Crippen LogP contribution in [-0.2, 0) is 4.79 Å². The molecule has 1 aliphatic heterocycles. The summed E-state index contributed by atoms with van der Waals surface area (Å²) in [6.45, 7) is 4.70. The van der Waals surface area contributed by atoms with Gasteiger partial charge in [0, 0.05) is 37.5 Å². The molecule has 5 heteroatoms. The van der Waals surface area contributed by atoms with Crippen LogP contribution in [0.3, 0.4) is 0 Å². The first-order valence-corrected chi connectivity index (χ1v) is 7.61. The average molecular weight is 267 g/mol. The van der Waals surface area contributed by atoms with Gasteiger partial charge in [0.2, 0.25) is 5.91 Å². The molecule has 1 saturated heterocycles. The number of hydrogen-bond donors (Lipinski definition) is 1. The van der Waals surface area contributed by atoms with Crippen molar-refractivity contribution >= 4 is 17.2 Å². The van der Waals surface area contributed by atoms with Crippen molar-refractivity contribution in [3.63, 3.8) is 0 Å². The van der Waals surface area contributed by atoms with E-state index in [4.69, 9.17) is 0 Å². The summed E-state index contributed by atoms with van der Waals surface area (Å²) >= 11 is 1.60. The van der Waals surface area contributed by atoms with Gasteiger partial charge in [0.05, 0.1) is 11.2 Å². The fraction of sp³-hybridized carbons (Fsp3) is 0.692. The number of carbonyl (C=O) groups is 1. The molecule has 4 nitrogen and oxygen atoms in total. The van der Waals surface area contributed by atoms with Crippen LogP contribution in [0.5, 0.6) is 0 Å². The summed E-state index contributed by atoms with van der Waals surface area (Å²) in [5.41, 5.74) is 2.90. The maximum absolute atomic E-state index is 11.9. The number of nitrogens with one attached hydrogen (secondary N) is 1. The summed E-state index contributed by atoms with van der Waals surface area (Å²) in [6.07, 6.45) is 4.18. The maximum Gasteiger partial charge on any atom is 0.223 e. The highest BCUT2D eigenvalue weighted by atomic mass is 32.1. The molecule has 1 aromatic heterocycles. The third kappa shape index (κ3) is 3.78. The van der Waals surface area contributed by atoms with Gasteiger partial charge in [-0.15, -0.1) is 11.3 Å². The Morgan fingerprint density at radius 3 is 2.94 bits per heavy atom. The molecule has 1 N–H and O–H groups in total. The quantitative estimate of drug-likeness (QED) is 0.889. The van der Waals surface area contributed by atoms with Crippen molar-refractivity contribution in [2.45, 2.75) is 38.6 Å². The summed E-state index contributed by atoms with van der Waals surface area (Å²) in [7, 11) is 0. The van der Waals surface area contributed by atoms with Gasteiger partial charge in [0.1, 0.15) is 0 Å². The molecule has 0 radical (unpaired) electrons. The van der Waals surface area contributed by atoms with Crippen LogP contribution < -0.4 is 5.32 Å². The predicted molar refractivity (Wildman–Crippen MR) is 73.6 cm³/mol. The van der Waals surface area contributed by atoms with Crippen molar-refractivity contribution in [3.8, 4) is 0 Å². The molecule has 0 spiro atoms. The average Bonchev–Trinajstić information content (AvgIpc) is 2.93. The lowest BCUT2D eigenvalue weighted by molar-refractivity contribution is -0.132. The zero-order valence-electron chi connectivity index (χ0n) is 10.9. The number of nitrogens with zero attached hydrogens (tertiary/aromatic N) is 2. The van der Waals surface area contributed by atoms with E-state index in [1.165, 1.54) is 6.42 Å². The number of aromatic nitrogens is 1. The molecular formula is C13H21N3OS. The van der Waals surface area contributed by atoms with Crippen LogP contribution in [0.25, 0.3) is 0 Å². The Morgan fingerprint density at radius 2 is 2.28 bits per heavy atom. The smallest absolute Gasteiger partial charge is 0.223 e. The molecule has 1 aliphatic rings. The largest absolute Gasteiger partial charge is 0.343 e. The van der Waals surface area contributed by atoms with Gasteiger partial charge in [-0.2, -0.15) is 0 Å². The number of likely N-dealkylation sites (tertiary alicyclic amines) is 1. The lowest BCUT2D eigenvalue weighted by atomic mass is 10.1. The minimum Gasteiger partial charge on any atom is -0.343 e. The van der Waals surface area contributed by atoms with E-state index in [0.717, 1.165) is 38.2 Å². The molecule has 0 bridgehead atoms. The van der Waals surface area contributed by atoms with Gasteiger partial charge in [0.15, 0.2) is 0 Å². The van der Waals surface area contributed by atoms with Crippen LogP contribution in [-0.4, -0.2) is 35.4 Å². The number of rotatable bonds is 5. The first kappa shape index (κ1) is 13.5. The lowest BCUT2D eigenvalue weighted by Crippen LogP contribution is -2.37. The Labute approximate surface area is 112 Å². The molecule has 100 valence electrons. The normalized spacial score (nSPS) is 17.7. The van der Waals surface area contributed by atoms with Gasteiger partial charge in [-0.1, -0.05) is 0 Å². The van der Waals surface area contributed by atoms with Crippen molar-refractivity contribution in [2.75, 3.05) is 19.6 Å². The molecule has 18 heavy (non-hydrogen) atoms. The number of hydrogen-bond acceptors (Lipinski definition) is 4. The Bertz CT molecular complexity index is 360. The van der Waals surface area contributed by atoms with E-state index >= 15 is 0 Å². The zero-order valence-corrected chi connectivity index (χ0v) is 11.7. The number of thiazole rings is 1. The Hall–Kier alpha value is -0.940. The standard InChI is InChI=1S/C13H21N3OS/c1-11(12-9-18-10-15-12)14-6-5-13(17)16-7-3-2-4-8-16/h9-11,14H,2-8H2,1H3. The van der Waals surface area contributed by atoms with Gasteiger partial charge in [-0.25, -0.2) is 4.98 Å². The highest BCUT2D eigenvalue weighted by Crippen LogP contribution is 2.12. The molecule has 0 aliphatic carbocycles. The van der Waals surface area contributed by atoms with Crippen LogP contribution in [0, 0.1) is 0 Å². The van der Waals surface area contributed by atoms with Crippen LogP contribution >= 0.6 is 11.3 Å². The SMILES string of the molecule is CC(NCCC(=O)N1CCCCC1)c1cscn1. The second kappa shape index (κ2) is 6.85. The molecule has 2 heterocycles. The first-order chi connectivity index (χ1) is 8.77. The van der Waals surface area contributed by atoms with Crippen LogP contribution in [0.1, 0.15) is 44.3 Å². The highest BCUT2D eigenvalue weighted by molar-refractivity contribution is 7.07. The van der Waals surface area contributed by atoms with E-state index in [-0.39, 0.29) is 11.9 Å². The Balaban J connectivity index is 1.67. The third-order valence-electron chi connectivity index (χ3n) is 3.39. The minimum atomic E-state index is 0.227. The van der Waals surface area contributed by atoms with Crippen molar-refractivity contribution in [2.24, 2.45) is 0 Å². The number of amides is 1. The molecule has 1 fully saturated rings. The highest BCUT2D eigenvalue weighted by Gasteiger charge is 2.16. The monoisotopic (exact) mass is 267 g/mol. The van der Waals surface area contributed by atoms with Gasteiger partial charge in [-0.3, -0.25) is 4.79 Å². The fourth-order valence-electron chi connectivity index (χ4n) is 2.24. The molecule has 1 amide bonds. The maximum atomic E-state index is 11.9. The summed E-state index contributed by atoms with van der Waals surface area (Å²) in [6, 6.07) is 0.227. The lowest BCUT2D eigenvalue weighted by Gasteiger charge is -2.27. The molecule has 0 aromatic carbocycles. The first-order valence-electron chi connectivity index (χ1n) is 6.66. The van der Waals surface area contributed by atoms with Crippen LogP contribution in [0.4, 0.5) is 0 Å². The molecule has 2 rings (SSSR count). The van der Waals surface area contributed by atoms with Crippen molar-refractivity contribution < 1.29 is 4.79 Å². The second-order valence-corrected chi connectivity index (χ2v) is 5.50. The summed E-state index contributed by atoms with van der Waals surface area (Å²) in [4.78, 5) is 18.2. The van der Waals surface area contributed by atoms with Crippen molar-refractivity contribution in [1.29, 1.82) is 0 Å². The summed E-state index contributed by atoms with van der Waals surface area (Å²) < 4.78 is 0. The summed E-state index contributed by atoms with van der Waals surface area (Å²) in [5.74, 6) is 0.285. The Morgan fingerprint density at radius 1 is 1.50 bits per heavy atom. The van der Waals surface area contributed by atoms with E-state index in [1.807, 2.05) is 15.8 Å². The minimum absolute atomic E-state index is 0.227. The second-order valence-electron chi connectivity index (χ2n) is 4.78. The number of carbonyl (C=O) groups excluding carboxylic acids is 1. The molecule has 1 unspecified atom stereocenters. The van der Waals surface area contributed by atoms with Crippen LogP contribution in [0.15, 0.2) is 10.9 Å². The zero-order chi connectivity index (χ0) is 12.8. The van der Waals surface area contributed by atoms with Gasteiger partial charge < -0.3 is 10.2 Å². The predicted octanol–water partition coefficient (Wildman–Crippen LogP) is 2.20. The van der Waals surface area contributed by atoms with Crippen molar-refractivity contribution in [3.05, 3.63) is 16.6 Å². The molecule has 1 atom stereocenters. The van der Waals surface area contributed by atoms with E-state index in [0.29, 0.717) is 6.42 Å². The fourth-order valence-corrected chi connectivity index (χ4v) is 2.89. The van der Waals surface area contributed by atoms with Gasteiger partial charge in [-0.05, 0) is 26.2 Å². The van der Waals surface area contributed by atoms with E-state index in [9.17, 15) is 4.79 Å².